The van der Waals surface area contributed by atoms with Gasteiger partial charge < -0.3 is 10.0 Å². The highest BCUT2D eigenvalue weighted by Gasteiger charge is 2.13. The van der Waals surface area contributed by atoms with E-state index < -0.39 is 42.0 Å². The van der Waals surface area contributed by atoms with Gasteiger partial charge >= 0.3 is 7.12 Å². The Morgan fingerprint density at radius 2 is 0.580 bits per heavy atom. The third kappa shape index (κ3) is 32.7. The van der Waals surface area contributed by atoms with Gasteiger partial charge in [-0.25, -0.2) is 26.3 Å². The Hall–Kier alpha value is -7.15. The Kier molecular flexibility index (Phi) is 36.2. The van der Waals surface area contributed by atoms with Crippen LogP contribution in [0.5, 0.6) is 0 Å². The van der Waals surface area contributed by atoms with Gasteiger partial charge in [0.25, 0.3) is 0 Å². The molecule has 2 N–H and O–H groups in total. The highest BCUT2D eigenvalue weighted by molar-refractivity contribution is 14.1. The molecule has 0 aliphatic heterocycles. The van der Waals surface area contributed by atoms with E-state index in [0.29, 0.717) is 17.2 Å². The summed E-state index contributed by atoms with van der Waals surface area (Å²) in [6.45, 7) is 0. The zero-order chi connectivity index (χ0) is 63.7. The smallest absolute Gasteiger partial charge is 0.423 e. The zero-order valence-electron chi connectivity index (χ0n) is 48.3. The van der Waals surface area contributed by atoms with Crippen molar-refractivity contribution in [2.75, 3.05) is 0 Å². The van der Waals surface area contributed by atoms with E-state index in [9.17, 15) is 26.3 Å². The van der Waals surface area contributed by atoms with Crippen LogP contribution in [0.4, 0.5) is 26.3 Å². The van der Waals surface area contributed by atoms with Crippen molar-refractivity contribution in [3.8, 4) is 94.3 Å². The maximum Gasteiger partial charge on any atom is 0.488 e. The second-order valence-electron chi connectivity index (χ2n) is 19.3. The quantitative estimate of drug-likeness (QED) is 0.0353. The largest absolute Gasteiger partial charge is 0.488 e. The fraction of sp³-hybridized carbons (Fsp3) is 0.200. The predicted octanol–water partition coefficient (Wildman–Crippen LogP) is 20.4. The summed E-state index contributed by atoms with van der Waals surface area (Å²) in [5, 5.41) is 17.0. The van der Waals surface area contributed by atoms with Crippen molar-refractivity contribution in [3.05, 3.63) is 250 Å². The third-order valence-corrected chi connectivity index (χ3v) is 14.4. The van der Waals surface area contributed by atoms with Crippen molar-refractivity contribution in [2.24, 2.45) is 0 Å². The lowest BCUT2D eigenvalue weighted by molar-refractivity contribution is 0.425. The van der Waals surface area contributed by atoms with E-state index in [0.717, 1.165) is 155 Å². The molecular formula is C75H63BBr3F6IO2. The third-order valence-electron chi connectivity index (χ3n) is 12.1. The summed E-state index contributed by atoms with van der Waals surface area (Å²) in [6, 6.07) is 48.4. The number of hydrogen-bond acceptors (Lipinski definition) is 2. The Labute approximate surface area is 555 Å². The Morgan fingerprint density at radius 1 is 0.330 bits per heavy atom. The zero-order valence-corrected chi connectivity index (χ0v) is 55.2. The fourth-order valence-electron chi connectivity index (χ4n) is 7.65. The van der Waals surface area contributed by atoms with Gasteiger partial charge in [0.05, 0.1) is 0 Å². The first-order valence-electron chi connectivity index (χ1n) is 28.2. The lowest BCUT2D eigenvalue weighted by Gasteiger charge is -2.02. The average Bonchev–Trinajstić information content (AvgIpc) is 3.68. The van der Waals surface area contributed by atoms with Crippen LogP contribution in [0.15, 0.2) is 189 Å². The molecule has 0 aliphatic rings. The van der Waals surface area contributed by atoms with Gasteiger partial charge in [0, 0.05) is 96.0 Å². The van der Waals surface area contributed by atoms with Crippen LogP contribution in [-0.4, -0.2) is 17.2 Å². The molecule has 0 aliphatic carbocycles. The Bertz CT molecular complexity index is 3470. The predicted molar refractivity (Wildman–Crippen MR) is 369 cm³/mol. The molecule has 13 heteroatoms. The molecular weight excluding hydrogens is 1420 g/mol. The van der Waals surface area contributed by atoms with Gasteiger partial charge in [-0.2, -0.15) is 0 Å². The summed E-state index contributed by atoms with van der Waals surface area (Å²) < 4.78 is 82.9. The second-order valence-corrected chi connectivity index (χ2v) is 23.3. The second kappa shape index (κ2) is 43.5. The molecule has 0 aromatic heterocycles. The summed E-state index contributed by atoms with van der Waals surface area (Å²) in [4.78, 5) is 0. The molecule has 0 spiro atoms. The van der Waals surface area contributed by atoms with Crippen LogP contribution in [0.2, 0.25) is 0 Å². The van der Waals surface area contributed by atoms with E-state index in [4.69, 9.17) is 22.9 Å². The molecule has 8 rings (SSSR count). The van der Waals surface area contributed by atoms with Crippen molar-refractivity contribution in [3.63, 3.8) is 0 Å². The molecule has 0 unspecified atom stereocenters. The van der Waals surface area contributed by atoms with E-state index in [1.165, 1.54) is 40.7 Å². The molecule has 0 fully saturated rings. The van der Waals surface area contributed by atoms with Crippen LogP contribution < -0.4 is 5.46 Å². The lowest BCUT2D eigenvalue weighted by atomic mass is 9.80. The SMILES string of the molecule is Brc1ccc(C#CCCCCCC#Cc2ccc(Br)cc2)cc1.Brc1ccc(I)cc1.C#CCCCCCC#C.Fc1cc(F)cc(-c2ccc(C#CCCCCCC#Cc3ccc(-c4cc(F)cc(F)c4)cc3)cc2)c1.OB(O)c1cc(F)cc(F)c1. The topological polar surface area (TPSA) is 40.5 Å². The molecule has 2 nitrogen and oxygen atoms in total. The van der Waals surface area contributed by atoms with Crippen LogP contribution >= 0.6 is 70.4 Å². The van der Waals surface area contributed by atoms with Gasteiger partial charge in [-0.1, -0.05) is 139 Å². The molecule has 448 valence electrons. The first-order chi connectivity index (χ1) is 42.5. The Balaban J connectivity index is 0.000000273. The lowest BCUT2D eigenvalue weighted by Crippen LogP contribution is -2.30. The molecule has 0 heterocycles. The van der Waals surface area contributed by atoms with Gasteiger partial charge in [-0.3, -0.25) is 0 Å². The van der Waals surface area contributed by atoms with Crippen molar-refractivity contribution >= 4 is 83.0 Å². The van der Waals surface area contributed by atoms with Crippen molar-refractivity contribution in [2.45, 2.75) is 96.3 Å². The summed E-state index contributed by atoms with van der Waals surface area (Å²) in [5.74, 6) is 26.6. The monoisotopic (exact) mass is 1480 g/mol. The molecule has 0 atom stereocenters. The van der Waals surface area contributed by atoms with Crippen molar-refractivity contribution in [1.82, 2.24) is 0 Å². The normalized spacial score (nSPS) is 9.66. The van der Waals surface area contributed by atoms with Crippen LogP contribution in [-0.2, 0) is 0 Å². The highest BCUT2D eigenvalue weighted by Crippen LogP contribution is 2.24. The fourth-order valence-corrected chi connectivity index (χ4v) is 8.80. The number of rotatable bonds is 15. The van der Waals surface area contributed by atoms with Crippen LogP contribution in [0, 0.1) is 111 Å². The Morgan fingerprint density at radius 3 is 0.841 bits per heavy atom. The average molecular weight is 1490 g/mol. The van der Waals surface area contributed by atoms with Gasteiger partial charge in [0.1, 0.15) is 34.9 Å². The molecule has 0 saturated heterocycles. The van der Waals surface area contributed by atoms with E-state index in [2.05, 4.69) is 142 Å². The molecule has 0 radical (unpaired) electrons. The van der Waals surface area contributed by atoms with E-state index >= 15 is 0 Å². The summed E-state index contributed by atoms with van der Waals surface area (Å²) in [5.41, 5.74) is 6.16. The van der Waals surface area contributed by atoms with Gasteiger partial charge in [-0.05, 0) is 222 Å². The first kappa shape index (κ1) is 73.3. The highest BCUT2D eigenvalue weighted by atomic mass is 127. The standard InChI is InChI=1S/C33H24F4.C21H18Br2.C9H12.C6H5BF2O2.C6H4BrI/c34-30-18-28(19-31(35)22-30)26-14-10-24(11-15-26)8-6-4-2-1-3-5-7-9-25-12-16-27(17-13-25)29-20-32(36)23-33(37)21-29;22-20-14-10-18(11-15-20)8-6-4-2-1-3-5-7-9-19-12-16-21(23)17-13-19;1-3-5-7-9-8-6-4-2;8-5-1-4(7(10)11)2-6(9)3-5;7-5-1-3-6(8)4-2-5/h10-23H,1-5H2;10-17H,1-5H2;1-2H,5-9H2;1-3,10-11H;1-4H. The molecule has 0 saturated carbocycles. The van der Waals surface area contributed by atoms with Crippen molar-refractivity contribution < 1.29 is 36.4 Å². The van der Waals surface area contributed by atoms with Crippen LogP contribution in [0.25, 0.3) is 22.3 Å². The molecule has 0 amide bonds. The minimum absolute atomic E-state index is 0.192. The number of hydrogen-bond donors (Lipinski definition) is 2. The van der Waals surface area contributed by atoms with Crippen molar-refractivity contribution in [1.29, 1.82) is 0 Å². The van der Waals surface area contributed by atoms with E-state index in [-0.39, 0.29) is 5.46 Å². The number of unbranched alkanes of at least 4 members (excludes halogenated alkanes) is 12. The molecule has 88 heavy (non-hydrogen) atoms. The van der Waals surface area contributed by atoms with Crippen LogP contribution in [0.1, 0.15) is 119 Å². The van der Waals surface area contributed by atoms with Gasteiger partial charge in [0.2, 0.25) is 0 Å². The first-order valence-corrected chi connectivity index (χ1v) is 31.7. The maximum absolute atomic E-state index is 13.4. The number of terminal acetylenes is 2. The van der Waals surface area contributed by atoms with E-state index in [1.54, 1.807) is 0 Å². The van der Waals surface area contributed by atoms with E-state index in [1.807, 2.05) is 109 Å². The van der Waals surface area contributed by atoms with Crippen LogP contribution in [0.3, 0.4) is 0 Å². The number of benzene rings is 8. The summed E-state index contributed by atoms with van der Waals surface area (Å²) >= 11 is 12.5. The molecule has 8 aromatic carbocycles. The van der Waals surface area contributed by atoms with Gasteiger partial charge in [0.15, 0.2) is 0 Å². The molecule has 0 bridgehead atoms. The number of halogens is 10. The maximum atomic E-state index is 13.4. The van der Waals surface area contributed by atoms with Gasteiger partial charge in [-0.15, -0.1) is 24.7 Å². The summed E-state index contributed by atoms with van der Waals surface area (Å²) in [6.07, 6.45) is 25.2. The summed E-state index contributed by atoms with van der Waals surface area (Å²) in [7, 11) is -1.83. The minimum Gasteiger partial charge on any atom is -0.423 e. The molecule has 8 aromatic rings. The minimum atomic E-state index is -1.83.